The predicted molar refractivity (Wildman–Crippen MR) is 106 cm³/mol. The Morgan fingerprint density at radius 3 is 2.12 bits per heavy atom. The molecule has 0 bridgehead atoms. The van der Waals surface area contributed by atoms with Crippen molar-refractivity contribution < 1.29 is 0 Å². The van der Waals surface area contributed by atoms with Crippen molar-refractivity contribution in [1.82, 2.24) is 9.80 Å². The van der Waals surface area contributed by atoms with Gasteiger partial charge >= 0.3 is 0 Å². The Morgan fingerprint density at radius 1 is 0.792 bits per heavy atom. The molecule has 2 fully saturated rings. The molecular weight excluding hydrogens is 292 g/mol. The Bertz CT molecular complexity index is 382. The number of rotatable bonds is 3. The van der Waals surface area contributed by atoms with Gasteiger partial charge in [0, 0.05) is 24.2 Å². The van der Waals surface area contributed by atoms with Crippen molar-refractivity contribution in [1.29, 1.82) is 0 Å². The molecule has 0 spiro atoms. The molecule has 0 aromatic carbocycles. The minimum atomic E-state index is 0.318. The largest absolute Gasteiger partial charge is 0.298 e. The summed E-state index contributed by atoms with van der Waals surface area (Å²) in [6, 6.07) is 0. The van der Waals surface area contributed by atoms with Crippen molar-refractivity contribution in [2.45, 2.75) is 98.1 Å². The lowest BCUT2D eigenvalue weighted by molar-refractivity contribution is 0.0807. The van der Waals surface area contributed by atoms with E-state index in [2.05, 4.69) is 58.3 Å². The zero-order valence-electron chi connectivity index (χ0n) is 17.7. The van der Waals surface area contributed by atoms with Gasteiger partial charge in [-0.05, 0) is 97.6 Å². The third-order valence-corrected chi connectivity index (χ3v) is 6.57. The van der Waals surface area contributed by atoms with Crippen LogP contribution in [0.2, 0.25) is 0 Å². The number of hydrogen-bond donors (Lipinski definition) is 0. The first kappa shape index (κ1) is 20.2. The van der Waals surface area contributed by atoms with Crippen molar-refractivity contribution in [3.05, 3.63) is 0 Å². The molecule has 2 aliphatic rings. The van der Waals surface area contributed by atoms with Gasteiger partial charge in [0.05, 0.1) is 0 Å². The Labute approximate surface area is 152 Å². The molecule has 24 heavy (non-hydrogen) atoms. The molecule has 0 saturated carbocycles. The molecule has 0 N–H and O–H groups in total. The van der Waals surface area contributed by atoms with Crippen LogP contribution in [0.5, 0.6) is 0 Å². The average molecular weight is 337 g/mol. The van der Waals surface area contributed by atoms with Gasteiger partial charge in [0.15, 0.2) is 0 Å². The third kappa shape index (κ3) is 5.73. The Kier molecular flexibility index (Phi) is 6.81. The molecule has 2 rings (SSSR count). The lowest BCUT2D eigenvalue weighted by Gasteiger charge is -2.41. The quantitative estimate of drug-likeness (QED) is 0.678. The van der Waals surface area contributed by atoms with Crippen LogP contribution in [0.25, 0.3) is 0 Å². The summed E-state index contributed by atoms with van der Waals surface area (Å²) in [6.45, 7) is 22.3. The van der Waals surface area contributed by atoms with Crippen molar-refractivity contribution in [3.63, 3.8) is 0 Å². The molecular formula is C22H44N2. The van der Waals surface area contributed by atoms with E-state index in [1.165, 1.54) is 64.7 Å². The Hall–Kier alpha value is -0.0800. The van der Waals surface area contributed by atoms with Gasteiger partial charge < -0.3 is 0 Å². The van der Waals surface area contributed by atoms with E-state index in [0.29, 0.717) is 11.1 Å². The maximum Gasteiger partial charge on any atom is 0.0156 e. The van der Waals surface area contributed by atoms with Gasteiger partial charge in [-0.2, -0.15) is 0 Å². The summed E-state index contributed by atoms with van der Waals surface area (Å²) >= 11 is 0. The summed E-state index contributed by atoms with van der Waals surface area (Å²) in [6.07, 6.45) is 8.42. The predicted octanol–water partition coefficient (Wildman–Crippen LogP) is 5.42. The van der Waals surface area contributed by atoms with Crippen molar-refractivity contribution in [3.8, 4) is 0 Å². The van der Waals surface area contributed by atoms with E-state index in [9.17, 15) is 0 Å². The summed E-state index contributed by atoms with van der Waals surface area (Å²) in [5.41, 5.74) is 0.679. The van der Waals surface area contributed by atoms with Gasteiger partial charge in [0.2, 0.25) is 0 Å². The zero-order valence-corrected chi connectivity index (χ0v) is 17.7. The zero-order chi connectivity index (χ0) is 18.0. The van der Waals surface area contributed by atoms with E-state index in [1.54, 1.807) is 0 Å². The van der Waals surface area contributed by atoms with Gasteiger partial charge in [-0.15, -0.1) is 0 Å². The first-order chi connectivity index (χ1) is 11.1. The van der Waals surface area contributed by atoms with Crippen molar-refractivity contribution in [2.24, 2.45) is 17.8 Å². The average Bonchev–Trinajstić information content (AvgIpc) is 2.76. The fourth-order valence-corrected chi connectivity index (χ4v) is 5.10. The summed E-state index contributed by atoms with van der Waals surface area (Å²) in [4.78, 5) is 5.54. The summed E-state index contributed by atoms with van der Waals surface area (Å²) < 4.78 is 0. The van der Waals surface area contributed by atoms with Gasteiger partial charge in [-0.3, -0.25) is 9.80 Å². The maximum absolute atomic E-state index is 2.82. The molecule has 0 amide bonds. The first-order valence-corrected chi connectivity index (χ1v) is 10.6. The highest BCUT2D eigenvalue weighted by atomic mass is 15.2. The molecule has 2 nitrogen and oxygen atoms in total. The molecule has 142 valence electrons. The third-order valence-electron chi connectivity index (χ3n) is 6.57. The van der Waals surface area contributed by atoms with Crippen LogP contribution in [0.3, 0.4) is 0 Å². The van der Waals surface area contributed by atoms with E-state index < -0.39 is 0 Å². The molecule has 2 aliphatic heterocycles. The smallest absolute Gasteiger partial charge is 0.0156 e. The molecule has 0 aliphatic carbocycles. The highest BCUT2D eigenvalue weighted by Crippen LogP contribution is 2.35. The van der Waals surface area contributed by atoms with Crippen molar-refractivity contribution in [2.75, 3.05) is 26.2 Å². The lowest BCUT2D eigenvalue weighted by atomic mass is 9.82. The lowest BCUT2D eigenvalue weighted by Crippen LogP contribution is -2.47. The molecule has 3 atom stereocenters. The van der Waals surface area contributed by atoms with Gasteiger partial charge in [-0.1, -0.05) is 20.3 Å². The Morgan fingerprint density at radius 2 is 1.46 bits per heavy atom. The standard InChI is InChI=1S/C22H44N2/c1-18-10-8-9-12-24(16-18)22(6,7)15-20-11-13-23(21(3,4)5)17-19(2)14-20/h18-20H,8-17H2,1-7H3/t18-,19?,20?/m0/s1. The topological polar surface area (TPSA) is 6.48 Å². The fraction of sp³-hybridized carbons (Fsp3) is 1.00. The Balaban J connectivity index is 1.98. The molecule has 2 unspecified atom stereocenters. The van der Waals surface area contributed by atoms with Gasteiger partial charge in [-0.25, -0.2) is 0 Å². The van der Waals surface area contributed by atoms with Crippen LogP contribution in [0.15, 0.2) is 0 Å². The van der Waals surface area contributed by atoms with Crippen molar-refractivity contribution >= 4 is 0 Å². The molecule has 2 heteroatoms. The molecule has 2 saturated heterocycles. The molecule has 0 radical (unpaired) electrons. The van der Waals surface area contributed by atoms with Crippen LogP contribution in [0, 0.1) is 17.8 Å². The monoisotopic (exact) mass is 336 g/mol. The van der Waals surface area contributed by atoms with Gasteiger partial charge in [0.25, 0.3) is 0 Å². The van der Waals surface area contributed by atoms with Crippen LogP contribution < -0.4 is 0 Å². The minimum Gasteiger partial charge on any atom is -0.298 e. The number of likely N-dealkylation sites (tertiary alicyclic amines) is 2. The fourth-order valence-electron chi connectivity index (χ4n) is 5.10. The second-order valence-electron chi connectivity index (χ2n) is 10.7. The van der Waals surface area contributed by atoms with Gasteiger partial charge in [0.1, 0.15) is 0 Å². The number of hydrogen-bond acceptors (Lipinski definition) is 2. The molecule has 0 aromatic heterocycles. The van der Waals surface area contributed by atoms with E-state index in [4.69, 9.17) is 0 Å². The molecule has 0 aromatic rings. The second kappa shape index (κ2) is 8.08. The summed E-state index contributed by atoms with van der Waals surface area (Å²) in [7, 11) is 0. The minimum absolute atomic E-state index is 0.318. The first-order valence-electron chi connectivity index (χ1n) is 10.6. The highest BCUT2D eigenvalue weighted by molar-refractivity contribution is 4.89. The van der Waals surface area contributed by atoms with E-state index in [1.807, 2.05) is 0 Å². The van der Waals surface area contributed by atoms with Crippen LogP contribution in [-0.2, 0) is 0 Å². The van der Waals surface area contributed by atoms with Crippen LogP contribution in [-0.4, -0.2) is 47.1 Å². The normalized spacial score (nSPS) is 32.4. The SMILES string of the molecule is CC1CC(CC(C)(C)N2CCCC[C@H](C)C2)CCN(C(C)(C)C)C1. The van der Waals surface area contributed by atoms with E-state index >= 15 is 0 Å². The van der Waals surface area contributed by atoms with Crippen LogP contribution in [0.4, 0.5) is 0 Å². The summed E-state index contributed by atoms with van der Waals surface area (Å²) in [5.74, 6) is 2.59. The number of nitrogens with zero attached hydrogens (tertiary/aromatic N) is 2. The summed E-state index contributed by atoms with van der Waals surface area (Å²) in [5, 5.41) is 0. The van der Waals surface area contributed by atoms with Crippen LogP contribution >= 0.6 is 0 Å². The van der Waals surface area contributed by atoms with E-state index in [-0.39, 0.29) is 0 Å². The van der Waals surface area contributed by atoms with E-state index in [0.717, 1.165) is 17.8 Å². The second-order valence-corrected chi connectivity index (χ2v) is 10.7. The highest BCUT2D eigenvalue weighted by Gasteiger charge is 2.34. The maximum atomic E-state index is 2.82. The van der Waals surface area contributed by atoms with Crippen LogP contribution in [0.1, 0.15) is 87.0 Å². The molecule has 2 heterocycles.